The fourth-order valence-corrected chi connectivity index (χ4v) is 3.84. The van der Waals surface area contributed by atoms with E-state index in [1.165, 1.54) is 12.1 Å². The molecule has 0 saturated heterocycles. The molecule has 0 radical (unpaired) electrons. The van der Waals surface area contributed by atoms with Gasteiger partial charge in [-0.15, -0.1) is 0 Å². The quantitative estimate of drug-likeness (QED) is 0.450. The molecule has 5 heteroatoms. The average Bonchev–Trinajstić information content (AvgIpc) is 2.84. The monoisotopic (exact) mass is 460 g/mol. The summed E-state index contributed by atoms with van der Waals surface area (Å²) < 4.78 is 13.4. The molecule has 0 aromatic heterocycles. The predicted octanol–water partition coefficient (Wildman–Crippen LogP) is 5.23. The van der Waals surface area contributed by atoms with Crippen molar-refractivity contribution in [2.75, 3.05) is 0 Å². The molecule has 34 heavy (non-hydrogen) atoms. The van der Waals surface area contributed by atoms with Crippen molar-refractivity contribution in [3.63, 3.8) is 0 Å². The minimum atomic E-state index is -0.677. The number of carbonyl (C=O) groups is 2. The molecule has 0 heterocycles. The molecule has 4 nitrogen and oxygen atoms in total. The van der Waals surface area contributed by atoms with Gasteiger partial charge in [-0.05, 0) is 54.7 Å². The number of nitrogens with one attached hydrogen (secondary N) is 1. The van der Waals surface area contributed by atoms with E-state index in [0.29, 0.717) is 18.5 Å². The molecule has 0 bridgehead atoms. The summed E-state index contributed by atoms with van der Waals surface area (Å²) >= 11 is 0. The van der Waals surface area contributed by atoms with Crippen molar-refractivity contribution < 1.29 is 14.0 Å². The van der Waals surface area contributed by atoms with Crippen LogP contribution < -0.4 is 5.32 Å². The standard InChI is InChI=1S/C29H33FN2O2/c1-4-22(3)31-29(34)27(18-23-11-6-5-7-12-23)32(20-25-13-9-8-10-21(25)2)28(33)19-24-14-16-26(30)17-15-24/h5-17,22,27H,4,18-20H2,1-3H3,(H,31,34)/t22-,27+/m1/s1. The Kier molecular flexibility index (Phi) is 8.97. The molecule has 2 atom stereocenters. The number of benzene rings is 3. The maximum Gasteiger partial charge on any atom is 0.243 e. The normalized spacial score (nSPS) is 12.6. The first kappa shape index (κ1) is 25.2. The summed E-state index contributed by atoms with van der Waals surface area (Å²) in [5.41, 5.74) is 3.74. The highest BCUT2D eigenvalue weighted by molar-refractivity contribution is 5.89. The number of amides is 2. The highest BCUT2D eigenvalue weighted by Crippen LogP contribution is 2.19. The zero-order valence-corrected chi connectivity index (χ0v) is 20.1. The summed E-state index contributed by atoms with van der Waals surface area (Å²) in [6.45, 7) is 6.30. The summed E-state index contributed by atoms with van der Waals surface area (Å²) in [6.07, 6.45) is 1.29. The van der Waals surface area contributed by atoms with Gasteiger partial charge >= 0.3 is 0 Å². The summed E-state index contributed by atoms with van der Waals surface area (Å²) in [4.78, 5) is 28.8. The van der Waals surface area contributed by atoms with Crippen LogP contribution in [-0.4, -0.2) is 28.8 Å². The topological polar surface area (TPSA) is 49.4 Å². The van der Waals surface area contributed by atoms with E-state index in [1.54, 1.807) is 17.0 Å². The number of aryl methyl sites for hydroxylation is 1. The Morgan fingerprint density at radius 2 is 1.56 bits per heavy atom. The Labute approximate surface area is 201 Å². The zero-order chi connectivity index (χ0) is 24.5. The van der Waals surface area contributed by atoms with Crippen LogP contribution in [0.2, 0.25) is 0 Å². The lowest BCUT2D eigenvalue weighted by Crippen LogP contribution is -2.52. The van der Waals surface area contributed by atoms with Gasteiger partial charge in [0.2, 0.25) is 11.8 Å². The summed E-state index contributed by atoms with van der Waals surface area (Å²) in [5, 5.41) is 3.07. The van der Waals surface area contributed by atoms with E-state index < -0.39 is 6.04 Å². The molecule has 0 saturated carbocycles. The average molecular weight is 461 g/mol. The lowest BCUT2D eigenvalue weighted by Gasteiger charge is -2.33. The maximum atomic E-state index is 13.7. The molecule has 0 aliphatic heterocycles. The highest BCUT2D eigenvalue weighted by atomic mass is 19.1. The van der Waals surface area contributed by atoms with Gasteiger partial charge in [-0.1, -0.05) is 73.7 Å². The van der Waals surface area contributed by atoms with E-state index in [9.17, 15) is 14.0 Å². The lowest BCUT2D eigenvalue weighted by molar-refractivity contribution is -0.141. The first-order valence-electron chi connectivity index (χ1n) is 11.8. The van der Waals surface area contributed by atoms with Gasteiger partial charge < -0.3 is 10.2 Å². The number of hydrogen-bond donors (Lipinski definition) is 1. The zero-order valence-electron chi connectivity index (χ0n) is 20.1. The van der Waals surface area contributed by atoms with Crippen molar-refractivity contribution in [3.05, 3.63) is 107 Å². The molecule has 3 aromatic carbocycles. The molecule has 3 rings (SSSR count). The van der Waals surface area contributed by atoms with E-state index in [4.69, 9.17) is 0 Å². The second kappa shape index (κ2) is 12.1. The van der Waals surface area contributed by atoms with Crippen molar-refractivity contribution >= 4 is 11.8 Å². The van der Waals surface area contributed by atoms with E-state index in [2.05, 4.69) is 5.32 Å². The van der Waals surface area contributed by atoms with Crippen LogP contribution in [0.1, 0.15) is 42.5 Å². The van der Waals surface area contributed by atoms with Gasteiger partial charge in [-0.2, -0.15) is 0 Å². The van der Waals surface area contributed by atoms with Gasteiger partial charge in [0.1, 0.15) is 11.9 Å². The Morgan fingerprint density at radius 1 is 0.912 bits per heavy atom. The van der Waals surface area contributed by atoms with Gasteiger partial charge in [0.15, 0.2) is 0 Å². The minimum Gasteiger partial charge on any atom is -0.352 e. The smallest absolute Gasteiger partial charge is 0.243 e. The van der Waals surface area contributed by atoms with Crippen molar-refractivity contribution in [2.45, 2.75) is 58.7 Å². The van der Waals surface area contributed by atoms with Crippen LogP contribution in [0.25, 0.3) is 0 Å². The van der Waals surface area contributed by atoms with Crippen molar-refractivity contribution in [1.82, 2.24) is 10.2 Å². The third-order valence-corrected chi connectivity index (χ3v) is 6.14. The second-order valence-electron chi connectivity index (χ2n) is 8.77. The SMILES string of the molecule is CC[C@@H](C)NC(=O)[C@H](Cc1ccccc1)N(Cc1ccccc1C)C(=O)Cc1ccc(F)cc1. The summed E-state index contributed by atoms with van der Waals surface area (Å²) in [7, 11) is 0. The number of hydrogen-bond acceptors (Lipinski definition) is 2. The molecular weight excluding hydrogens is 427 g/mol. The molecule has 0 aliphatic rings. The third kappa shape index (κ3) is 7.01. The van der Waals surface area contributed by atoms with Crippen molar-refractivity contribution in [2.24, 2.45) is 0 Å². The number of halogens is 1. The van der Waals surface area contributed by atoms with Gasteiger partial charge in [-0.3, -0.25) is 9.59 Å². The Hall–Kier alpha value is -3.47. The molecule has 0 spiro atoms. The van der Waals surface area contributed by atoms with Crippen LogP contribution in [0.15, 0.2) is 78.9 Å². The first-order valence-corrected chi connectivity index (χ1v) is 11.8. The number of nitrogens with zero attached hydrogens (tertiary/aromatic N) is 1. The summed E-state index contributed by atoms with van der Waals surface area (Å²) in [5.74, 6) is -0.683. The Bertz CT molecular complexity index is 1080. The van der Waals surface area contributed by atoms with E-state index in [1.807, 2.05) is 75.4 Å². The van der Waals surface area contributed by atoms with Crippen LogP contribution in [0.3, 0.4) is 0 Å². The van der Waals surface area contributed by atoms with Crippen LogP contribution >= 0.6 is 0 Å². The van der Waals surface area contributed by atoms with Gasteiger partial charge in [0.25, 0.3) is 0 Å². The van der Waals surface area contributed by atoms with E-state index >= 15 is 0 Å². The fourth-order valence-electron chi connectivity index (χ4n) is 3.84. The van der Waals surface area contributed by atoms with Gasteiger partial charge in [0, 0.05) is 19.0 Å². The Morgan fingerprint density at radius 3 is 2.21 bits per heavy atom. The first-order chi connectivity index (χ1) is 16.4. The predicted molar refractivity (Wildman–Crippen MR) is 134 cm³/mol. The van der Waals surface area contributed by atoms with Crippen LogP contribution in [0.4, 0.5) is 4.39 Å². The van der Waals surface area contributed by atoms with Crippen LogP contribution in [0, 0.1) is 12.7 Å². The molecule has 0 fully saturated rings. The molecule has 2 amide bonds. The lowest BCUT2D eigenvalue weighted by atomic mass is 10.00. The largest absolute Gasteiger partial charge is 0.352 e. The number of rotatable bonds is 10. The Balaban J connectivity index is 1.97. The molecule has 3 aromatic rings. The molecule has 178 valence electrons. The van der Waals surface area contributed by atoms with E-state index in [0.717, 1.165) is 23.1 Å². The minimum absolute atomic E-state index is 0.00159. The maximum absolute atomic E-state index is 13.7. The van der Waals surface area contributed by atoms with Gasteiger partial charge in [0.05, 0.1) is 6.42 Å². The van der Waals surface area contributed by atoms with Crippen molar-refractivity contribution in [1.29, 1.82) is 0 Å². The van der Waals surface area contributed by atoms with E-state index in [-0.39, 0.29) is 30.1 Å². The van der Waals surface area contributed by atoms with Crippen molar-refractivity contribution in [3.8, 4) is 0 Å². The number of carbonyl (C=O) groups excluding carboxylic acids is 2. The van der Waals surface area contributed by atoms with Gasteiger partial charge in [-0.25, -0.2) is 4.39 Å². The van der Waals surface area contributed by atoms with Crippen LogP contribution in [0.5, 0.6) is 0 Å². The van der Waals surface area contributed by atoms with Crippen LogP contribution in [-0.2, 0) is 29.0 Å². The fraction of sp³-hybridized carbons (Fsp3) is 0.310. The summed E-state index contributed by atoms with van der Waals surface area (Å²) in [6, 6.07) is 22.9. The highest BCUT2D eigenvalue weighted by Gasteiger charge is 2.31. The third-order valence-electron chi connectivity index (χ3n) is 6.14. The molecule has 0 unspecified atom stereocenters. The molecule has 1 N–H and O–H groups in total. The second-order valence-corrected chi connectivity index (χ2v) is 8.77. The molecule has 0 aliphatic carbocycles. The molecular formula is C29H33FN2O2.